The van der Waals surface area contributed by atoms with Gasteiger partial charge in [0.05, 0.1) is 5.02 Å². The van der Waals surface area contributed by atoms with E-state index in [4.69, 9.17) is 17.3 Å². The minimum Gasteiger partial charge on any atom is -0.343 e. The third-order valence-electron chi connectivity index (χ3n) is 3.61. The minimum atomic E-state index is -0.380. The second-order valence-corrected chi connectivity index (χ2v) is 5.53. The lowest BCUT2D eigenvalue weighted by Gasteiger charge is -2.08. The molecule has 21 heavy (non-hydrogen) atoms. The maximum absolute atomic E-state index is 13.5. The van der Waals surface area contributed by atoms with Crippen molar-refractivity contribution in [1.82, 2.24) is 4.57 Å². The van der Waals surface area contributed by atoms with E-state index in [2.05, 4.69) is 28.8 Å². The summed E-state index contributed by atoms with van der Waals surface area (Å²) in [6.45, 7) is 1.25. The van der Waals surface area contributed by atoms with Crippen LogP contribution < -0.4 is 5.73 Å². The van der Waals surface area contributed by atoms with Crippen molar-refractivity contribution in [2.45, 2.75) is 13.0 Å². The van der Waals surface area contributed by atoms with Crippen LogP contribution in [-0.2, 0) is 13.0 Å². The van der Waals surface area contributed by atoms with Crippen molar-refractivity contribution in [2.24, 2.45) is 5.73 Å². The molecule has 0 aliphatic rings. The van der Waals surface area contributed by atoms with Gasteiger partial charge in [0.1, 0.15) is 5.82 Å². The molecule has 0 aliphatic carbocycles. The van der Waals surface area contributed by atoms with Crippen LogP contribution in [-0.4, -0.2) is 11.1 Å². The highest BCUT2D eigenvalue weighted by atomic mass is 35.5. The number of aromatic nitrogens is 1. The minimum absolute atomic E-state index is 0.154. The van der Waals surface area contributed by atoms with Crippen molar-refractivity contribution >= 4 is 22.5 Å². The van der Waals surface area contributed by atoms with E-state index in [9.17, 15) is 4.39 Å². The van der Waals surface area contributed by atoms with Gasteiger partial charge in [-0.2, -0.15) is 0 Å². The number of hydrogen-bond acceptors (Lipinski definition) is 1. The van der Waals surface area contributed by atoms with Crippen molar-refractivity contribution in [3.63, 3.8) is 0 Å². The van der Waals surface area contributed by atoms with Crippen molar-refractivity contribution in [3.05, 3.63) is 70.6 Å². The first kappa shape index (κ1) is 14.1. The Kier molecular flexibility index (Phi) is 3.95. The highest BCUT2D eigenvalue weighted by Crippen LogP contribution is 2.21. The number of hydrogen-bond donors (Lipinski definition) is 1. The summed E-state index contributed by atoms with van der Waals surface area (Å²) in [5.74, 6) is -0.380. The lowest BCUT2D eigenvalue weighted by molar-refractivity contribution is 0.624. The number of nitrogens with zero attached hydrogens (tertiary/aromatic N) is 1. The Morgan fingerprint density at radius 1 is 1.05 bits per heavy atom. The van der Waals surface area contributed by atoms with Crippen molar-refractivity contribution in [3.8, 4) is 0 Å². The molecule has 0 unspecified atom stereocenters. The van der Waals surface area contributed by atoms with E-state index < -0.39 is 0 Å². The summed E-state index contributed by atoms with van der Waals surface area (Å²) in [6, 6.07) is 13.3. The van der Waals surface area contributed by atoms with Crippen LogP contribution in [0.25, 0.3) is 10.9 Å². The summed E-state index contributed by atoms with van der Waals surface area (Å²) in [6.07, 6.45) is 2.88. The molecule has 0 radical (unpaired) electrons. The third-order valence-corrected chi connectivity index (χ3v) is 3.91. The molecular weight excluding hydrogens is 287 g/mol. The second-order valence-electron chi connectivity index (χ2n) is 5.12. The van der Waals surface area contributed by atoms with E-state index in [0.717, 1.165) is 17.5 Å². The highest BCUT2D eigenvalue weighted by molar-refractivity contribution is 6.30. The molecule has 0 fully saturated rings. The average molecular weight is 303 g/mol. The zero-order valence-electron chi connectivity index (χ0n) is 11.5. The second kappa shape index (κ2) is 5.88. The van der Waals surface area contributed by atoms with Crippen LogP contribution in [0.4, 0.5) is 4.39 Å². The van der Waals surface area contributed by atoms with E-state index in [1.165, 1.54) is 17.0 Å². The number of nitrogens with two attached hydrogens (primary N) is 1. The molecule has 0 aliphatic heterocycles. The van der Waals surface area contributed by atoms with Crippen LogP contribution in [0.15, 0.2) is 48.7 Å². The first-order valence-corrected chi connectivity index (χ1v) is 7.27. The largest absolute Gasteiger partial charge is 0.343 e. The summed E-state index contributed by atoms with van der Waals surface area (Å²) in [7, 11) is 0. The zero-order valence-corrected chi connectivity index (χ0v) is 12.3. The van der Waals surface area contributed by atoms with Gasteiger partial charge in [-0.05, 0) is 53.7 Å². The lowest BCUT2D eigenvalue weighted by atomic mass is 10.1. The Morgan fingerprint density at radius 2 is 1.86 bits per heavy atom. The molecule has 0 saturated heterocycles. The SMILES string of the molecule is NCCc1ccc2ccn(Cc3ccc(Cl)c(F)c3)c2c1. The van der Waals surface area contributed by atoms with E-state index >= 15 is 0 Å². The molecule has 0 spiro atoms. The fourth-order valence-corrected chi connectivity index (χ4v) is 2.64. The van der Waals surface area contributed by atoms with Gasteiger partial charge in [-0.25, -0.2) is 4.39 Å². The van der Waals surface area contributed by atoms with Crippen LogP contribution in [0, 0.1) is 5.82 Å². The summed E-state index contributed by atoms with van der Waals surface area (Å²) in [5, 5.41) is 1.33. The predicted molar refractivity (Wildman–Crippen MR) is 85.2 cm³/mol. The molecule has 3 rings (SSSR count). The molecule has 0 amide bonds. The van der Waals surface area contributed by atoms with Gasteiger partial charge in [-0.15, -0.1) is 0 Å². The molecule has 1 aromatic heterocycles. The summed E-state index contributed by atoms with van der Waals surface area (Å²) < 4.78 is 15.6. The lowest BCUT2D eigenvalue weighted by Crippen LogP contribution is -2.03. The van der Waals surface area contributed by atoms with E-state index in [0.29, 0.717) is 13.1 Å². The van der Waals surface area contributed by atoms with Crippen LogP contribution in [0.5, 0.6) is 0 Å². The molecule has 0 saturated carbocycles. The molecule has 0 atom stereocenters. The number of benzene rings is 2. The van der Waals surface area contributed by atoms with Crippen LogP contribution in [0.2, 0.25) is 5.02 Å². The van der Waals surface area contributed by atoms with E-state index in [1.54, 1.807) is 6.07 Å². The smallest absolute Gasteiger partial charge is 0.142 e. The molecule has 2 aromatic carbocycles. The van der Waals surface area contributed by atoms with Crippen LogP contribution in [0.1, 0.15) is 11.1 Å². The zero-order chi connectivity index (χ0) is 14.8. The first-order chi connectivity index (χ1) is 10.2. The maximum Gasteiger partial charge on any atom is 0.142 e. The van der Waals surface area contributed by atoms with Crippen molar-refractivity contribution < 1.29 is 4.39 Å². The maximum atomic E-state index is 13.5. The van der Waals surface area contributed by atoms with Gasteiger partial charge < -0.3 is 10.3 Å². The number of halogens is 2. The summed E-state index contributed by atoms with van der Waals surface area (Å²) in [4.78, 5) is 0. The third kappa shape index (κ3) is 2.94. The van der Waals surface area contributed by atoms with Gasteiger partial charge in [0.15, 0.2) is 0 Å². The summed E-state index contributed by atoms with van der Waals surface area (Å²) >= 11 is 5.72. The Morgan fingerprint density at radius 3 is 2.62 bits per heavy atom. The van der Waals surface area contributed by atoms with Crippen molar-refractivity contribution in [1.29, 1.82) is 0 Å². The number of rotatable bonds is 4. The monoisotopic (exact) mass is 302 g/mol. The van der Waals surface area contributed by atoms with Crippen molar-refractivity contribution in [2.75, 3.05) is 6.54 Å². The quantitative estimate of drug-likeness (QED) is 0.776. The molecule has 2 N–H and O–H groups in total. The van der Waals surface area contributed by atoms with E-state index in [-0.39, 0.29) is 10.8 Å². The Bertz CT molecular complexity index is 780. The fraction of sp³-hybridized carbons (Fsp3) is 0.176. The molecule has 3 aromatic rings. The van der Waals surface area contributed by atoms with Gasteiger partial charge in [-0.3, -0.25) is 0 Å². The molecule has 0 bridgehead atoms. The Labute approximate surface area is 127 Å². The fourth-order valence-electron chi connectivity index (χ4n) is 2.52. The van der Waals surface area contributed by atoms with Gasteiger partial charge in [0, 0.05) is 18.3 Å². The summed E-state index contributed by atoms with van der Waals surface area (Å²) in [5.41, 5.74) is 8.85. The Hall–Kier alpha value is -1.84. The predicted octanol–water partition coefficient (Wildman–Crippen LogP) is 3.98. The van der Waals surface area contributed by atoms with Gasteiger partial charge >= 0.3 is 0 Å². The molecule has 2 nitrogen and oxygen atoms in total. The molecular formula is C17H16ClFN2. The normalized spacial score (nSPS) is 11.2. The highest BCUT2D eigenvalue weighted by Gasteiger charge is 2.05. The van der Waals surface area contributed by atoms with Gasteiger partial charge in [0.25, 0.3) is 0 Å². The molecule has 1 heterocycles. The van der Waals surface area contributed by atoms with Gasteiger partial charge in [0.2, 0.25) is 0 Å². The molecule has 108 valence electrons. The standard InChI is InChI=1S/C17H16ClFN2/c18-15-4-2-13(9-16(15)19)11-21-8-6-14-3-1-12(5-7-20)10-17(14)21/h1-4,6,8-10H,5,7,11,20H2. The number of fused-ring (bicyclic) bond motifs is 1. The first-order valence-electron chi connectivity index (χ1n) is 6.89. The average Bonchev–Trinajstić information content (AvgIpc) is 2.86. The topological polar surface area (TPSA) is 30.9 Å². The Balaban J connectivity index is 1.95. The van der Waals surface area contributed by atoms with Crippen LogP contribution >= 0.6 is 11.6 Å². The van der Waals surface area contributed by atoms with E-state index in [1.807, 2.05) is 12.3 Å². The van der Waals surface area contributed by atoms with Crippen LogP contribution in [0.3, 0.4) is 0 Å². The van der Waals surface area contributed by atoms with Gasteiger partial charge in [-0.1, -0.05) is 29.8 Å². The molecule has 4 heteroatoms.